The van der Waals surface area contributed by atoms with Gasteiger partial charge in [-0.3, -0.25) is 14.9 Å². The molecule has 1 N–H and O–H groups in total. The number of nitrogens with zero attached hydrogens (tertiary/aromatic N) is 2. The first-order valence-electron chi connectivity index (χ1n) is 7.76. The molecule has 0 aromatic heterocycles. The van der Waals surface area contributed by atoms with Crippen LogP contribution >= 0.6 is 0 Å². The highest BCUT2D eigenvalue weighted by atomic mass is 16.6. The topological polar surface area (TPSA) is 103 Å². The Morgan fingerprint density at radius 2 is 1.92 bits per heavy atom. The van der Waals surface area contributed by atoms with Gasteiger partial charge in [-0.2, -0.15) is 5.10 Å². The third-order valence-corrected chi connectivity index (χ3v) is 3.55. The fourth-order valence-corrected chi connectivity index (χ4v) is 2.31. The van der Waals surface area contributed by atoms with Crippen LogP contribution in [0.25, 0.3) is 6.08 Å². The minimum Gasteiger partial charge on any atom is -0.485 e. The van der Waals surface area contributed by atoms with Gasteiger partial charge in [0.05, 0.1) is 10.5 Å². The highest BCUT2D eigenvalue weighted by Crippen LogP contribution is 2.30. The van der Waals surface area contributed by atoms with E-state index in [1.165, 1.54) is 24.4 Å². The number of hydrazone groups is 1. The minimum absolute atomic E-state index is 0.00685. The Balaban J connectivity index is 1.55. The number of nitro groups is 1. The van der Waals surface area contributed by atoms with E-state index in [0.29, 0.717) is 17.1 Å². The molecular formula is C18H15N3O5. The molecule has 0 bridgehead atoms. The molecule has 1 aliphatic heterocycles. The van der Waals surface area contributed by atoms with Crippen LogP contribution < -0.4 is 14.9 Å². The monoisotopic (exact) mass is 353 g/mol. The second-order valence-corrected chi connectivity index (χ2v) is 5.29. The van der Waals surface area contributed by atoms with E-state index in [9.17, 15) is 14.9 Å². The van der Waals surface area contributed by atoms with E-state index in [0.717, 1.165) is 0 Å². The van der Waals surface area contributed by atoms with E-state index in [1.807, 2.05) is 6.07 Å². The average Bonchev–Trinajstić information content (AvgIpc) is 2.67. The number of amides is 1. The van der Waals surface area contributed by atoms with Crippen LogP contribution in [0.1, 0.15) is 5.56 Å². The zero-order valence-electron chi connectivity index (χ0n) is 13.6. The van der Waals surface area contributed by atoms with Gasteiger partial charge < -0.3 is 9.47 Å². The molecule has 132 valence electrons. The highest BCUT2D eigenvalue weighted by molar-refractivity contribution is 5.84. The molecule has 0 spiro atoms. The fourth-order valence-electron chi connectivity index (χ4n) is 2.31. The lowest BCUT2D eigenvalue weighted by molar-refractivity contribution is -0.385. The van der Waals surface area contributed by atoms with Crippen molar-refractivity contribution in [1.82, 2.24) is 5.43 Å². The van der Waals surface area contributed by atoms with Gasteiger partial charge >= 0.3 is 0 Å². The first kappa shape index (κ1) is 17.2. The summed E-state index contributed by atoms with van der Waals surface area (Å²) in [6.07, 6.45) is 3.55. The lowest BCUT2D eigenvalue weighted by Crippen LogP contribution is -2.42. The predicted octanol–water partition coefficient (Wildman–Crippen LogP) is 2.55. The number of hydrogen-bond donors (Lipinski definition) is 1. The third kappa shape index (κ3) is 4.04. The first-order valence-corrected chi connectivity index (χ1v) is 7.76. The molecule has 0 unspecified atom stereocenters. The number of nitrogens with one attached hydrogen (secondary N) is 1. The third-order valence-electron chi connectivity index (χ3n) is 3.55. The molecule has 0 saturated heterocycles. The van der Waals surface area contributed by atoms with Gasteiger partial charge in [0.2, 0.25) is 6.10 Å². The summed E-state index contributed by atoms with van der Waals surface area (Å²) >= 11 is 0. The maximum absolute atomic E-state index is 12.0. The molecule has 3 rings (SSSR count). The molecule has 8 nitrogen and oxygen atoms in total. The van der Waals surface area contributed by atoms with E-state index in [1.54, 1.807) is 36.4 Å². The van der Waals surface area contributed by atoms with Gasteiger partial charge in [-0.05, 0) is 30.4 Å². The molecule has 0 saturated carbocycles. The van der Waals surface area contributed by atoms with Crippen molar-refractivity contribution >= 4 is 23.9 Å². The number of ether oxygens (including phenoxy) is 2. The lowest BCUT2D eigenvalue weighted by Gasteiger charge is -2.24. The molecule has 1 aliphatic rings. The van der Waals surface area contributed by atoms with Gasteiger partial charge in [-0.15, -0.1) is 0 Å². The average molecular weight is 353 g/mol. The molecule has 1 atom stereocenters. The number of nitro benzene ring substituents is 1. The molecule has 0 fully saturated rings. The Bertz CT molecular complexity index is 879. The molecule has 1 heterocycles. The molecular weight excluding hydrogens is 338 g/mol. The zero-order chi connectivity index (χ0) is 18.4. The molecule has 0 radical (unpaired) electrons. The van der Waals surface area contributed by atoms with E-state index in [2.05, 4.69) is 10.5 Å². The Labute approximate surface area is 148 Å². The Kier molecular flexibility index (Phi) is 5.23. The Hall–Kier alpha value is -3.68. The maximum Gasteiger partial charge on any atom is 0.284 e. The van der Waals surface area contributed by atoms with Gasteiger partial charge in [-0.25, -0.2) is 5.43 Å². The lowest BCUT2D eigenvalue weighted by atomic mass is 10.2. The van der Waals surface area contributed by atoms with E-state index in [4.69, 9.17) is 9.47 Å². The van der Waals surface area contributed by atoms with Crippen LogP contribution in [0.4, 0.5) is 5.69 Å². The maximum atomic E-state index is 12.0. The van der Waals surface area contributed by atoms with Gasteiger partial charge in [0.25, 0.3) is 11.6 Å². The summed E-state index contributed by atoms with van der Waals surface area (Å²) in [7, 11) is 0. The van der Waals surface area contributed by atoms with Crippen molar-refractivity contribution in [3.05, 3.63) is 70.3 Å². The summed E-state index contributed by atoms with van der Waals surface area (Å²) in [5.41, 5.74) is 2.78. The number of benzene rings is 2. The summed E-state index contributed by atoms with van der Waals surface area (Å²) in [6.45, 7) is 0.0877. The fraction of sp³-hybridized carbons (Fsp3) is 0.111. The highest BCUT2D eigenvalue weighted by Gasteiger charge is 2.26. The van der Waals surface area contributed by atoms with Crippen molar-refractivity contribution in [2.45, 2.75) is 6.10 Å². The van der Waals surface area contributed by atoms with Crippen LogP contribution in [0.5, 0.6) is 11.5 Å². The minimum atomic E-state index is -0.804. The molecule has 26 heavy (non-hydrogen) atoms. The summed E-state index contributed by atoms with van der Waals surface area (Å²) in [5.74, 6) is 0.640. The molecule has 8 heteroatoms. The summed E-state index contributed by atoms with van der Waals surface area (Å²) in [5, 5.41) is 14.7. The number of hydrogen-bond acceptors (Lipinski definition) is 6. The Morgan fingerprint density at radius 1 is 1.19 bits per heavy atom. The second kappa shape index (κ2) is 7.93. The van der Waals surface area contributed by atoms with Crippen LogP contribution in [-0.4, -0.2) is 29.8 Å². The van der Waals surface area contributed by atoms with Crippen molar-refractivity contribution in [2.75, 3.05) is 6.61 Å². The van der Waals surface area contributed by atoms with Crippen molar-refractivity contribution in [1.29, 1.82) is 0 Å². The van der Waals surface area contributed by atoms with Crippen LogP contribution in [0.2, 0.25) is 0 Å². The van der Waals surface area contributed by atoms with Crippen molar-refractivity contribution in [3.8, 4) is 11.5 Å². The zero-order valence-corrected chi connectivity index (χ0v) is 13.6. The number of carbonyl (C=O) groups is 1. The van der Waals surface area contributed by atoms with E-state index >= 15 is 0 Å². The largest absolute Gasteiger partial charge is 0.485 e. The SMILES string of the molecule is O=C(N/N=C\C=C\c1ccccc1[N+](=O)[O-])[C@@H]1COc2ccccc2O1. The van der Waals surface area contributed by atoms with Crippen LogP contribution in [0.3, 0.4) is 0 Å². The van der Waals surface area contributed by atoms with Gasteiger partial charge in [0, 0.05) is 12.3 Å². The van der Waals surface area contributed by atoms with Crippen molar-refractivity contribution in [2.24, 2.45) is 5.10 Å². The van der Waals surface area contributed by atoms with Crippen LogP contribution in [0, 0.1) is 10.1 Å². The predicted molar refractivity (Wildman–Crippen MR) is 95.1 cm³/mol. The van der Waals surface area contributed by atoms with Crippen molar-refractivity contribution < 1.29 is 19.2 Å². The van der Waals surface area contributed by atoms with Gasteiger partial charge in [-0.1, -0.05) is 24.3 Å². The number of rotatable bonds is 5. The van der Waals surface area contributed by atoms with Crippen molar-refractivity contribution in [3.63, 3.8) is 0 Å². The van der Waals surface area contributed by atoms with Gasteiger partial charge in [0.15, 0.2) is 11.5 Å². The standard InChI is InChI=1S/C18H15N3O5/c22-18(17-12-25-15-9-3-4-10-16(15)26-17)20-19-11-5-7-13-6-1-2-8-14(13)21(23)24/h1-11,17H,12H2,(H,20,22)/b7-5+,19-11-/t17-/m0/s1. The summed E-state index contributed by atoms with van der Waals surface area (Å²) in [4.78, 5) is 22.5. The Morgan fingerprint density at radius 3 is 2.73 bits per heavy atom. The number of carbonyl (C=O) groups excluding carboxylic acids is 1. The normalized spacial score (nSPS) is 15.9. The van der Waals surface area contributed by atoms with Crippen LogP contribution in [0.15, 0.2) is 59.7 Å². The number of allylic oxidation sites excluding steroid dienone is 1. The number of para-hydroxylation sites is 3. The summed E-state index contributed by atoms with van der Waals surface area (Å²) in [6, 6.07) is 13.4. The van der Waals surface area contributed by atoms with Gasteiger partial charge in [0.1, 0.15) is 6.61 Å². The number of fused-ring (bicyclic) bond motifs is 1. The second-order valence-electron chi connectivity index (χ2n) is 5.29. The van der Waals surface area contributed by atoms with Crippen LogP contribution in [-0.2, 0) is 4.79 Å². The molecule has 0 aliphatic carbocycles. The first-order chi connectivity index (χ1) is 12.6. The molecule has 2 aromatic carbocycles. The molecule has 1 amide bonds. The smallest absolute Gasteiger partial charge is 0.284 e. The van der Waals surface area contributed by atoms with E-state index < -0.39 is 16.9 Å². The van der Waals surface area contributed by atoms with E-state index in [-0.39, 0.29) is 12.3 Å². The quantitative estimate of drug-likeness (QED) is 0.505. The molecule has 2 aromatic rings. The summed E-state index contributed by atoms with van der Waals surface area (Å²) < 4.78 is 11.0.